The Balaban J connectivity index is 1.76. The van der Waals surface area contributed by atoms with E-state index in [1.165, 1.54) is 6.07 Å². The summed E-state index contributed by atoms with van der Waals surface area (Å²) in [4.78, 5) is 2.27. The van der Waals surface area contributed by atoms with Crippen LogP contribution in [0.3, 0.4) is 0 Å². The van der Waals surface area contributed by atoms with Crippen LogP contribution >= 0.6 is 22.9 Å². The minimum Gasteiger partial charge on any atom is -0.295 e. The largest absolute Gasteiger partial charge is 0.295 e. The summed E-state index contributed by atoms with van der Waals surface area (Å²) in [7, 11) is -3.74. The molecule has 3 rings (SSSR count). The summed E-state index contributed by atoms with van der Waals surface area (Å²) in [6.45, 7) is 2.20. The second kappa shape index (κ2) is 7.49. The van der Waals surface area contributed by atoms with Crippen molar-refractivity contribution >= 4 is 33.0 Å². The fourth-order valence-corrected chi connectivity index (χ4v) is 4.91. The normalized spacial score (nSPS) is 17.2. The molecule has 0 saturated carbocycles. The van der Waals surface area contributed by atoms with Gasteiger partial charge >= 0.3 is 0 Å². The second-order valence-corrected chi connectivity index (χ2v) is 8.70. The highest BCUT2D eigenvalue weighted by Crippen LogP contribution is 2.27. The highest BCUT2D eigenvalue weighted by Gasteiger charge is 2.26. The summed E-state index contributed by atoms with van der Waals surface area (Å²) in [5.41, 5.74) is 1.11. The lowest BCUT2D eigenvalue weighted by Gasteiger charge is -2.27. The summed E-state index contributed by atoms with van der Waals surface area (Å²) >= 11 is 7.29. The number of hydrogen-bond donors (Lipinski definition) is 1. The maximum absolute atomic E-state index is 13.2. The van der Waals surface area contributed by atoms with Gasteiger partial charge in [0, 0.05) is 12.6 Å². The molecule has 1 aliphatic rings. The minimum atomic E-state index is -3.74. The van der Waals surface area contributed by atoms with Gasteiger partial charge in [-0.3, -0.25) is 4.90 Å². The molecule has 2 aromatic rings. The number of benzene rings is 1. The van der Waals surface area contributed by atoms with Crippen LogP contribution in [0, 0.1) is 5.82 Å². The van der Waals surface area contributed by atoms with Gasteiger partial charge in [0.05, 0.1) is 9.92 Å². The predicted octanol–water partition coefficient (Wildman–Crippen LogP) is 3.66. The van der Waals surface area contributed by atoms with Gasteiger partial charge in [-0.1, -0.05) is 11.6 Å². The summed E-state index contributed by atoms with van der Waals surface area (Å²) < 4.78 is 40.8. The van der Waals surface area contributed by atoms with Crippen molar-refractivity contribution in [3.63, 3.8) is 0 Å². The Hall–Kier alpha value is -0.990. The molecular weight excluding hydrogens is 371 g/mol. The zero-order valence-electron chi connectivity index (χ0n) is 12.9. The van der Waals surface area contributed by atoms with Crippen molar-refractivity contribution in [1.82, 2.24) is 9.62 Å². The van der Waals surface area contributed by atoms with Crippen LogP contribution in [0.5, 0.6) is 0 Å². The zero-order valence-corrected chi connectivity index (χ0v) is 15.3. The molecular formula is C16H18ClFN2O2S2. The van der Waals surface area contributed by atoms with Crippen molar-refractivity contribution in [1.29, 1.82) is 0 Å². The molecule has 130 valence electrons. The van der Waals surface area contributed by atoms with Crippen LogP contribution in [0.2, 0.25) is 5.02 Å². The van der Waals surface area contributed by atoms with Gasteiger partial charge in [-0.15, -0.1) is 0 Å². The van der Waals surface area contributed by atoms with Crippen LogP contribution in [0.25, 0.3) is 0 Å². The van der Waals surface area contributed by atoms with E-state index >= 15 is 0 Å². The fraction of sp³-hybridized carbons (Fsp3) is 0.375. The molecule has 1 N–H and O–H groups in total. The summed E-state index contributed by atoms with van der Waals surface area (Å²) in [6, 6.07) is 5.45. The van der Waals surface area contributed by atoms with Crippen LogP contribution in [-0.4, -0.2) is 33.0 Å². The lowest BCUT2D eigenvalue weighted by Crippen LogP contribution is -2.36. The molecule has 0 bridgehead atoms. The molecule has 8 heteroatoms. The lowest BCUT2D eigenvalue weighted by molar-refractivity contribution is 0.247. The average molecular weight is 389 g/mol. The van der Waals surface area contributed by atoms with Crippen LogP contribution < -0.4 is 4.72 Å². The Bertz CT molecular complexity index is 790. The molecule has 1 saturated heterocycles. The number of rotatable bonds is 6. The molecule has 1 aliphatic heterocycles. The summed E-state index contributed by atoms with van der Waals surface area (Å²) in [6.07, 6.45) is 2.25. The highest BCUT2D eigenvalue weighted by atomic mass is 35.5. The molecule has 1 atom stereocenters. The van der Waals surface area contributed by atoms with Crippen LogP contribution in [0.4, 0.5) is 4.39 Å². The van der Waals surface area contributed by atoms with E-state index in [0.717, 1.165) is 43.6 Å². The van der Waals surface area contributed by atoms with Gasteiger partial charge < -0.3 is 0 Å². The van der Waals surface area contributed by atoms with Crippen molar-refractivity contribution in [2.24, 2.45) is 0 Å². The van der Waals surface area contributed by atoms with E-state index in [0.29, 0.717) is 0 Å². The van der Waals surface area contributed by atoms with Gasteiger partial charge in [0.2, 0.25) is 10.0 Å². The maximum atomic E-state index is 13.2. The molecule has 0 spiro atoms. The van der Waals surface area contributed by atoms with E-state index in [-0.39, 0.29) is 22.5 Å². The number of nitrogens with one attached hydrogen (secondary N) is 1. The molecule has 24 heavy (non-hydrogen) atoms. The van der Waals surface area contributed by atoms with Crippen molar-refractivity contribution in [2.75, 3.05) is 19.6 Å². The van der Waals surface area contributed by atoms with Crippen molar-refractivity contribution in [3.05, 3.63) is 51.4 Å². The van der Waals surface area contributed by atoms with E-state index in [4.69, 9.17) is 11.6 Å². The number of likely N-dealkylation sites (tertiary alicyclic amines) is 1. The monoisotopic (exact) mass is 388 g/mol. The van der Waals surface area contributed by atoms with Gasteiger partial charge in [0.15, 0.2) is 0 Å². The zero-order chi connectivity index (χ0) is 17.2. The molecule has 2 heterocycles. The Morgan fingerprint density at radius 2 is 2.04 bits per heavy atom. The maximum Gasteiger partial charge on any atom is 0.240 e. The van der Waals surface area contributed by atoms with E-state index in [9.17, 15) is 12.8 Å². The predicted molar refractivity (Wildman–Crippen MR) is 94.5 cm³/mol. The number of halogens is 2. The number of hydrogen-bond acceptors (Lipinski definition) is 4. The van der Waals surface area contributed by atoms with E-state index in [1.807, 2.05) is 16.8 Å². The molecule has 4 nitrogen and oxygen atoms in total. The van der Waals surface area contributed by atoms with Gasteiger partial charge in [-0.05, 0) is 66.5 Å². The quantitative estimate of drug-likeness (QED) is 0.821. The van der Waals surface area contributed by atoms with Crippen LogP contribution in [0.1, 0.15) is 24.4 Å². The molecule has 0 aliphatic carbocycles. The molecule has 0 unspecified atom stereocenters. The Kier molecular flexibility index (Phi) is 5.56. The first-order valence-electron chi connectivity index (χ1n) is 7.68. The molecule has 1 fully saturated rings. The molecule has 1 aromatic carbocycles. The Labute approximate surface area is 150 Å². The van der Waals surface area contributed by atoms with Crippen molar-refractivity contribution in [2.45, 2.75) is 23.8 Å². The highest BCUT2D eigenvalue weighted by molar-refractivity contribution is 7.89. The molecule has 0 radical (unpaired) electrons. The van der Waals surface area contributed by atoms with E-state index < -0.39 is 15.8 Å². The number of thiophene rings is 1. The third-order valence-electron chi connectivity index (χ3n) is 4.18. The average Bonchev–Trinajstić information content (AvgIpc) is 3.24. The SMILES string of the molecule is O=S(=O)(NC[C@@H](c1ccsc1)N1CCCC1)c1ccc(F)c(Cl)c1. The van der Waals surface area contributed by atoms with Gasteiger partial charge in [-0.2, -0.15) is 11.3 Å². The van der Waals surface area contributed by atoms with E-state index in [1.54, 1.807) is 11.3 Å². The second-order valence-electron chi connectivity index (χ2n) is 5.74. The smallest absolute Gasteiger partial charge is 0.240 e. The van der Waals surface area contributed by atoms with Crippen molar-refractivity contribution < 1.29 is 12.8 Å². The first kappa shape index (κ1) is 17.8. The Morgan fingerprint density at radius 3 is 2.67 bits per heavy atom. The first-order chi connectivity index (χ1) is 11.5. The van der Waals surface area contributed by atoms with Crippen LogP contribution in [0.15, 0.2) is 39.9 Å². The van der Waals surface area contributed by atoms with Gasteiger partial charge in [0.1, 0.15) is 5.82 Å². The summed E-state index contributed by atoms with van der Waals surface area (Å²) in [5.74, 6) is -0.635. The minimum absolute atomic E-state index is 0.00412. The molecule has 0 amide bonds. The Morgan fingerprint density at radius 1 is 1.29 bits per heavy atom. The standard InChI is InChI=1S/C16H18ClFN2O2S2/c17-14-9-13(3-4-15(14)18)24(21,22)19-10-16(12-5-8-23-11-12)20-6-1-2-7-20/h3-5,8-9,11,16,19H,1-2,6-7,10H2/t16-/m0/s1. The lowest BCUT2D eigenvalue weighted by atomic mass is 10.1. The topological polar surface area (TPSA) is 49.4 Å². The van der Waals surface area contributed by atoms with Gasteiger partial charge in [0.25, 0.3) is 0 Å². The third-order valence-corrected chi connectivity index (χ3v) is 6.59. The fourth-order valence-electron chi connectivity index (χ4n) is 2.89. The summed E-state index contributed by atoms with van der Waals surface area (Å²) in [5, 5.41) is 3.84. The van der Waals surface area contributed by atoms with Crippen molar-refractivity contribution in [3.8, 4) is 0 Å². The first-order valence-corrected chi connectivity index (χ1v) is 10.5. The number of sulfonamides is 1. The van der Waals surface area contributed by atoms with Gasteiger partial charge in [-0.25, -0.2) is 17.5 Å². The third kappa shape index (κ3) is 3.97. The van der Waals surface area contributed by atoms with E-state index in [2.05, 4.69) is 9.62 Å². The molecule has 1 aromatic heterocycles. The van der Waals surface area contributed by atoms with Crippen LogP contribution in [-0.2, 0) is 10.0 Å². The number of nitrogens with zero attached hydrogens (tertiary/aromatic N) is 1.